The van der Waals surface area contributed by atoms with E-state index in [0.717, 1.165) is 22.3 Å². The maximum atomic E-state index is 11.3. The van der Waals surface area contributed by atoms with Crippen LogP contribution in [0.15, 0.2) is 18.2 Å². The predicted molar refractivity (Wildman–Crippen MR) is 70.9 cm³/mol. The molecule has 18 heavy (non-hydrogen) atoms. The van der Waals surface area contributed by atoms with Gasteiger partial charge in [0.25, 0.3) is 0 Å². The van der Waals surface area contributed by atoms with Crippen molar-refractivity contribution in [3.63, 3.8) is 0 Å². The van der Waals surface area contributed by atoms with Crippen LogP contribution in [0.3, 0.4) is 0 Å². The molecule has 1 aromatic heterocycles. The Balaban J connectivity index is 2.81. The first kappa shape index (κ1) is 12.5. The van der Waals surface area contributed by atoms with Crippen LogP contribution in [0.1, 0.15) is 27.2 Å². The molecule has 1 heterocycles. The molecule has 4 nitrogen and oxygen atoms in total. The number of pyridine rings is 1. The highest BCUT2D eigenvalue weighted by Gasteiger charge is 2.13. The molecule has 0 bridgehead atoms. The molecule has 2 rings (SSSR count). The van der Waals surface area contributed by atoms with Gasteiger partial charge in [-0.15, -0.1) is 0 Å². The molecule has 0 saturated carbocycles. The van der Waals surface area contributed by atoms with Gasteiger partial charge in [-0.05, 0) is 38.1 Å². The van der Waals surface area contributed by atoms with Crippen LogP contribution in [-0.4, -0.2) is 22.6 Å². The Hall–Kier alpha value is -1.94. The summed E-state index contributed by atoms with van der Waals surface area (Å²) in [6, 6.07) is 5.49. The van der Waals surface area contributed by atoms with Gasteiger partial charge >= 0.3 is 5.97 Å². The monoisotopic (exact) mass is 244 g/mol. The van der Waals surface area contributed by atoms with Gasteiger partial charge in [-0.2, -0.15) is 0 Å². The quantitative estimate of drug-likeness (QED) is 0.866. The number of carboxylic acid groups (broad SMARTS) is 1. The van der Waals surface area contributed by atoms with Crippen LogP contribution in [0, 0.1) is 13.8 Å². The molecule has 0 amide bonds. The molecule has 0 aliphatic carbocycles. The molecule has 0 radical (unpaired) electrons. The Kier molecular flexibility index (Phi) is 3.30. The topological polar surface area (TPSA) is 76.2 Å². The first-order chi connectivity index (χ1) is 8.52. The number of aromatic nitrogens is 1. The lowest BCUT2D eigenvalue weighted by molar-refractivity contribution is 0.0699. The zero-order chi connectivity index (χ0) is 13.3. The van der Waals surface area contributed by atoms with Crippen LogP contribution in [0.2, 0.25) is 0 Å². The van der Waals surface area contributed by atoms with Crippen LogP contribution >= 0.6 is 0 Å². The minimum atomic E-state index is -0.925. The molecule has 3 N–H and O–H groups in total. The summed E-state index contributed by atoms with van der Waals surface area (Å²) in [5.41, 5.74) is 9.32. The normalized spacial score (nSPS) is 10.8. The summed E-state index contributed by atoms with van der Waals surface area (Å²) in [7, 11) is 0. The van der Waals surface area contributed by atoms with Gasteiger partial charge in [0.1, 0.15) is 0 Å². The van der Waals surface area contributed by atoms with Gasteiger partial charge < -0.3 is 10.8 Å². The maximum absolute atomic E-state index is 11.3. The largest absolute Gasteiger partial charge is 0.478 e. The molecule has 0 atom stereocenters. The van der Waals surface area contributed by atoms with Gasteiger partial charge in [-0.1, -0.05) is 11.6 Å². The third-order valence-corrected chi connectivity index (χ3v) is 2.93. The van der Waals surface area contributed by atoms with Gasteiger partial charge in [0.2, 0.25) is 0 Å². The van der Waals surface area contributed by atoms with E-state index in [-0.39, 0.29) is 0 Å². The standard InChI is InChI=1S/C14H16N2O2/c1-8-5-9(2)13-11(6-8)12(14(17)18)7-10(16-13)3-4-15/h5-7H,3-4,15H2,1-2H3,(H,17,18). The average molecular weight is 244 g/mol. The number of fused-ring (bicyclic) bond motifs is 1. The zero-order valence-corrected chi connectivity index (χ0v) is 10.5. The van der Waals surface area contributed by atoms with E-state index in [0.29, 0.717) is 23.9 Å². The average Bonchev–Trinajstić information content (AvgIpc) is 2.29. The molecule has 0 aliphatic heterocycles. The van der Waals surface area contributed by atoms with Crippen molar-refractivity contribution < 1.29 is 9.90 Å². The van der Waals surface area contributed by atoms with Gasteiger partial charge in [-0.3, -0.25) is 4.98 Å². The molecular formula is C14H16N2O2. The van der Waals surface area contributed by atoms with Crippen molar-refractivity contribution in [3.05, 3.63) is 40.6 Å². The fourth-order valence-electron chi connectivity index (χ4n) is 2.19. The van der Waals surface area contributed by atoms with Gasteiger partial charge in [0.05, 0.1) is 11.1 Å². The first-order valence-electron chi connectivity index (χ1n) is 5.87. The number of rotatable bonds is 3. The maximum Gasteiger partial charge on any atom is 0.336 e. The van der Waals surface area contributed by atoms with Crippen LogP contribution in [0.4, 0.5) is 0 Å². The van der Waals surface area contributed by atoms with E-state index < -0.39 is 5.97 Å². The van der Waals surface area contributed by atoms with E-state index in [1.807, 2.05) is 26.0 Å². The van der Waals surface area contributed by atoms with Crippen molar-refractivity contribution >= 4 is 16.9 Å². The van der Waals surface area contributed by atoms with Gasteiger partial charge in [-0.25, -0.2) is 4.79 Å². The number of hydrogen-bond donors (Lipinski definition) is 2. The van der Waals surface area contributed by atoms with E-state index in [1.54, 1.807) is 6.07 Å². The van der Waals surface area contributed by atoms with E-state index in [9.17, 15) is 9.90 Å². The van der Waals surface area contributed by atoms with Crippen molar-refractivity contribution in [3.8, 4) is 0 Å². The fourth-order valence-corrected chi connectivity index (χ4v) is 2.19. The number of aromatic carboxylic acids is 1. The van der Waals surface area contributed by atoms with Crippen molar-refractivity contribution in [1.29, 1.82) is 0 Å². The lowest BCUT2D eigenvalue weighted by Crippen LogP contribution is -2.08. The summed E-state index contributed by atoms with van der Waals surface area (Å²) in [6.07, 6.45) is 0.587. The highest BCUT2D eigenvalue weighted by Crippen LogP contribution is 2.23. The Bertz CT molecular complexity index is 621. The lowest BCUT2D eigenvalue weighted by Gasteiger charge is -2.09. The summed E-state index contributed by atoms with van der Waals surface area (Å²) in [4.78, 5) is 15.8. The zero-order valence-electron chi connectivity index (χ0n) is 10.5. The predicted octanol–water partition coefficient (Wildman–Crippen LogP) is 2.05. The van der Waals surface area contributed by atoms with Crippen molar-refractivity contribution in [2.24, 2.45) is 5.73 Å². The molecule has 0 unspecified atom stereocenters. The Morgan fingerprint density at radius 3 is 2.67 bits per heavy atom. The van der Waals surface area contributed by atoms with E-state index >= 15 is 0 Å². The van der Waals surface area contributed by atoms with Crippen LogP contribution in [-0.2, 0) is 6.42 Å². The van der Waals surface area contributed by atoms with E-state index in [4.69, 9.17) is 5.73 Å². The molecule has 2 aromatic rings. The molecule has 4 heteroatoms. The second-order valence-corrected chi connectivity index (χ2v) is 4.48. The molecule has 1 aromatic carbocycles. The third-order valence-electron chi connectivity index (χ3n) is 2.93. The van der Waals surface area contributed by atoms with Crippen molar-refractivity contribution in [1.82, 2.24) is 4.98 Å². The number of carbonyl (C=O) groups is 1. The number of nitrogens with zero attached hydrogens (tertiary/aromatic N) is 1. The summed E-state index contributed by atoms with van der Waals surface area (Å²) < 4.78 is 0. The fraction of sp³-hybridized carbons (Fsp3) is 0.286. The molecular weight excluding hydrogens is 228 g/mol. The van der Waals surface area contributed by atoms with Crippen LogP contribution < -0.4 is 5.73 Å². The number of carboxylic acids is 1. The second kappa shape index (κ2) is 4.74. The second-order valence-electron chi connectivity index (χ2n) is 4.48. The first-order valence-corrected chi connectivity index (χ1v) is 5.87. The number of aryl methyl sites for hydroxylation is 2. The van der Waals surface area contributed by atoms with Gasteiger partial charge in [0, 0.05) is 17.5 Å². The number of hydrogen-bond acceptors (Lipinski definition) is 3. The summed E-state index contributed by atoms with van der Waals surface area (Å²) in [5, 5.41) is 9.99. The SMILES string of the molecule is Cc1cc(C)c2nc(CCN)cc(C(=O)O)c2c1. The lowest BCUT2D eigenvalue weighted by atomic mass is 10.0. The highest BCUT2D eigenvalue weighted by atomic mass is 16.4. The molecule has 94 valence electrons. The Morgan fingerprint density at radius 2 is 2.06 bits per heavy atom. The minimum absolute atomic E-state index is 0.301. The Morgan fingerprint density at radius 1 is 1.33 bits per heavy atom. The molecule has 0 spiro atoms. The summed E-state index contributed by atoms with van der Waals surface area (Å²) in [6.45, 7) is 4.36. The Labute approximate surface area is 105 Å². The van der Waals surface area contributed by atoms with E-state index in [1.165, 1.54) is 0 Å². The highest BCUT2D eigenvalue weighted by molar-refractivity contribution is 6.03. The number of benzene rings is 1. The summed E-state index contributed by atoms with van der Waals surface area (Å²) >= 11 is 0. The molecule has 0 fully saturated rings. The third kappa shape index (κ3) is 2.19. The van der Waals surface area contributed by atoms with E-state index in [2.05, 4.69) is 4.98 Å². The van der Waals surface area contributed by atoms with Crippen LogP contribution in [0.5, 0.6) is 0 Å². The minimum Gasteiger partial charge on any atom is -0.478 e. The molecule has 0 saturated heterocycles. The van der Waals surface area contributed by atoms with Crippen LogP contribution in [0.25, 0.3) is 10.9 Å². The number of nitrogens with two attached hydrogens (primary N) is 1. The molecule has 0 aliphatic rings. The van der Waals surface area contributed by atoms with Gasteiger partial charge in [0.15, 0.2) is 0 Å². The van der Waals surface area contributed by atoms with Crippen molar-refractivity contribution in [2.45, 2.75) is 20.3 Å². The van der Waals surface area contributed by atoms with Crippen molar-refractivity contribution in [2.75, 3.05) is 6.54 Å². The smallest absolute Gasteiger partial charge is 0.336 e. The summed E-state index contributed by atoms with van der Waals surface area (Å²) in [5.74, 6) is -0.925.